The Morgan fingerprint density at radius 3 is 2.46 bits per heavy atom. The zero-order valence-electron chi connectivity index (χ0n) is 22.5. The molecule has 0 unspecified atom stereocenters. The number of amides is 1. The molecular weight excluding hydrogens is 470 g/mol. The van der Waals surface area contributed by atoms with Crippen molar-refractivity contribution >= 4 is 17.6 Å². The molecule has 0 bridgehead atoms. The van der Waals surface area contributed by atoms with Crippen LogP contribution in [0, 0.1) is 19.8 Å². The molecule has 37 heavy (non-hydrogen) atoms. The Labute approximate surface area is 219 Å². The highest BCUT2D eigenvalue weighted by atomic mass is 16.5. The normalized spacial score (nSPS) is 18.5. The first kappa shape index (κ1) is 26.7. The summed E-state index contributed by atoms with van der Waals surface area (Å²) in [5.41, 5.74) is 5.11. The molecule has 0 N–H and O–H groups in total. The van der Waals surface area contributed by atoms with E-state index in [2.05, 4.69) is 36.9 Å². The van der Waals surface area contributed by atoms with Crippen molar-refractivity contribution in [3.8, 4) is 11.5 Å². The van der Waals surface area contributed by atoms with Gasteiger partial charge in [0.1, 0.15) is 11.5 Å². The highest BCUT2D eigenvalue weighted by Crippen LogP contribution is 2.39. The smallest absolute Gasteiger partial charge is 0.309 e. The first-order valence-corrected chi connectivity index (χ1v) is 12.9. The van der Waals surface area contributed by atoms with Crippen molar-refractivity contribution in [1.82, 2.24) is 9.91 Å². The molecule has 1 atom stereocenters. The lowest BCUT2D eigenvalue weighted by Crippen LogP contribution is -2.43. The lowest BCUT2D eigenvalue weighted by Gasteiger charge is -2.32. The van der Waals surface area contributed by atoms with E-state index in [1.165, 1.54) is 0 Å². The van der Waals surface area contributed by atoms with Gasteiger partial charge in [-0.1, -0.05) is 17.7 Å². The molecule has 1 amide bonds. The topological polar surface area (TPSA) is 80.7 Å². The average molecular weight is 508 g/mol. The van der Waals surface area contributed by atoms with E-state index in [4.69, 9.17) is 19.3 Å². The van der Waals surface area contributed by atoms with Gasteiger partial charge >= 0.3 is 5.97 Å². The van der Waals surface area contributed by atoms with Gasteiger partial charge in [-0.3, -0.25) is 14.5 Å². The van der Waals surface area contributed by atoms with Gasteiger partial charge in [0, 0.05) is 23.6 Å². The molecule has 0 saturated carbocycles. The molecule has 2 aliphatic heterocycles. The Kier molecular flexibility index (Phi) is 8.48. The number of piperidine rings is 1. The summed E-state index contributed by atoms with van der Waals surface area (Å²) in [4.78, 5) is 27.9. The highest BCUT2D eigenvalue weighted by molar-refractivity contribution is 6.04. The first-order valence-electron chi connectivity index (χ1n) is 12.9. The van der Waals surface area contributed by atoms with E-state index >= 15 is 0 Å². The molecule has 198 valence electrons. The largest absolute Gasteiger partial charge is 0.497 e. The van der Waals surface area contributed by atoms with Crippen molar-refractivity contribution in [3.63, 3.8) is 0 Å². The molecule has 1 fully saturated rings. The summed E-state index contributed by atoms with van der Waals surface area (Å²) in [5, 5.41) is 6.51. The van der Waals surface area contributed by atoms with E-state index in [9.17, 15) is 9.59 Å². The van der Waals surface area contributed by atoms with E-state index in [1.54, 1.807) is 19.2 Å². The number of hydrogen-bond donors (Lipinski definition) is 0. The predicted octanol–water partition coefficient (Wildman–Crippen LogP) is 4.27. The number of hydrazone groups is 1. The Morgan fingerprint density at radius 2 is 1.78 bits per heavy atom. The maximum absolute atomic E-state index is 13.7. The average Bonchev–Trinajstić information content (AvgIpc) is 3.35. The van der Waals surface area contributed by atoms with Gasteiger partial charge < -0.3 is 14.2 Å². The van der Waals surface area contributed by atoms with Crippen LogP contribution in [0.2, 0.25) is 0 Å². The summed E-state index contributed by atoms with van der Waals surface area (Å²) < 4.78 is 16.3. The molecule has 8 nitrogen and oxygen atoms in total. The number of ether oxygens (including phenoxy) is 3. The van der Waals surface area contributed by atoms with E-state index < -0.39 is 0 Å². The van der Waals surface area contributed by atoms with Crippen molar-refractivity contribution < 1.29 is 23.8 Å². The Bertz CT molecular complexity index is 1170. The molecule has 8 heteroatoms. The van der Waals surface area contributed by atoms with Gasteiger partial charge in [0.15, 0.2) is 0 Å². The summed E-state index contributed by atoms with van der Waals surface area (Å²) in [6.07, 6.45) is 1.97. The lowest BCUT2D eigenvalue weighted by molar-refractivity contribution is -0.149. The number of nitrogens with zero attached hydrogens (tertiary/aromatic N) is 3. The maximum atomic E-state index is 13.7. The predicted molar refractivity (Wildman–Crippen MR) is 142 cm³/mol. The van der Waals surface area contributed by atoms with E-state index in [1.807, 2.05) is 25.1 Å². The number of likely N-dealkylation sites (tertiary alicyclic amines) is 1. The quantitative estimate of drug-likeness (QED) is 0.497. The van der Waals surface area contributed by atoms with Crippen LogP contribution in [0.1, 0.15) is 54.5 Å². The van der Waals surface area contributed by atoms with Crippen molar-refractivity contribution in [2.75, 3.05) is 40.5 Å². The maximum Gasteiger partial charge on any atom is 0.309 e. The van der Waals surface area contributed by atoms with Gasteiger partial charge in [0.25, 0.3) is 5.91 Å². The summed E-state index contributed by atoms with van der Waals surface area (Å²) in [7, 11) is 3.24. The number of esters is 1. The summed E-state index contributed by atoms with van der Waals surface area (Å²) in [6.45, 7) is 7.94. The molecule has 2 aromatic carbocycles. The zero-order valence-corrected chi connectivity index (χ0v) is 22.5. The molecule has 0 aromatic heterocycles. The monoisotopic (exact) mass is 507 g/mol. The Balaban J connectivity index is 1.58. The van der Waals surface area contributed by atoms with Gasteiger partial charge in [-0.15, -0.1) is 0 Å². The summed E-state index contributed by atoms with van der Waals surface area (Å²) in [6, 6.07) is 11.7. The minimum Gasteiger partial charge on any atom is -0.497 e. The number of aryl methyl sites for hydroxylation is 2. The molecule has 2 heterocycles. The number of hydrogen-bond acceptors (Lipinski definition) is 7. The van der Waals surface area contributed by atoms with Crippen LogP contribution in [0.25, 0.3) is 0 Å². The van der Waals surface area contributed by atoms with E-state index in [-0.39, 0.29) is 30.4 Å². The van der Waals surface area contributed by atoms with Gasteiger partial charge in [-0.25, -0.2) is 5.01 Å². The van der Waals surface area contributed by atoms with Crippen molar-refractivity contribution in [3.05, 3.63) is 58.7 Å². The minimum absolute atomic E-state index is 0.0715. The SMILES string of the molecule is CCOC(=O)C1CCN(CC(=O)N2N=C(c3cc(C)ccc3C)C[C@@H]2c2ccc(OC)cc2OC)CC1. The second kappa shape index (κ2) is 11.8. The third kappa shape index (κ3) is 5.96. The molecule has 1 saturated heterocycles. The van der Waals surface area contributed by atoms with Gasteiger partial charge in [0.2, 0.25) is 0 Å². The lowest BCUT2D eigenvalue weighted by atomic mass is 9.94. The van der Waals surface area contributed by atoms with Crippen molar-refractivity contribution in [2.45, 2.75) is 46.1 Å². The van der Waals surface area contributed by atoms with Crippen molar-refractivity contribution in [1.29, 1.82) is 0 Å². The van der Waals surface area contributed by atoms with Crippen LogP contribution in [0.15, 0.2) is 41.5 Å². The number of methoxy groups -OCH3 is 2. The van der Waals surface area contributed by atoms with Gasteiger partial charge in [-0.05, 0) is 70.5 Å². The zero-order chi connectivity index (χ0) is 26.5. The van der Waals surface area contributed by atoms with Crippen LogP contribution in [0.3, 0.4) is 0 Å². The summed E-state index contributed by atoms with van der Waals surface area (Å²) in [5.74, 6) is 1.05. The van der Waals surface area contributed by atoms with E-state index in [0.29, 0.717) is 50.5 Å². The number of carbonyl (C=O) groups is 2. The fourth-order valence-corrected chi connectivity index (χ4v) is 5.14. The van der Waals surface area contributed by atoms with Crippen LogP contribution >= 0.6 is 0 Å². The molecule has 0 spiro atoms. The van der Waals surface area contributed by atoms with E-state index in [0.717, 1.165) is 28.0 Å². The van der Waals surface area contributed by atoms with Crippen LogP contribution < -0.4 is 9.47 Å². The molecular formula is C29H37N3O5. The molecule has 2 aromatic rings. The molecule has 0 radical (unpaired) electrons. The highest BCUT2D eigenvalue weighted by Gasteiger charge is 2.36. The van der Waals surface area contributed by atoms with Crippen LogP contribution in [0.5, 0.6) is 11.5 Å². The molecule has 4 rings (SSSR count). The van der Waals surface area contributed by atoms with Gasteiger partial charge in [-0.2, -0.15) is 5.10 Å². The fraction of sp³-hybridized carbons (Fsp3) is 0.483. The Morgan fingerprint density at radius 1 is 1.03 bits per heavy atom. The summed E-state index contributed by atoms with van der Waals surface area (Å²) >= 11 is 0. The first-order chi connectivity index (χ1) is 17.8. The Hall–Kier alpha value is -3.39. The van der Waals surface area contributed by atoms with Crippen molar-refractivity contribution in [2.24, 2.45) is 11.0 Å². The third-order valence-corrected chi connectivity index (χ3v) is 7.24. The molecule has 2 aliphatic rings. The fourth-order valence-electron chi connectivity index (χ4n) is 5.14. The standard InChI is InChI=1S/C29H37N3O5/c1-6-37-29(34)21-11-13-31(14-12-21)18-28(33)32-26(23-10-9-22(35-4)16-27(23)36-5)17-25(30-32)24-15-19(2)7-8-20(24)3/h7-10,15-16,21,26H,6,11-14,17-18H2,1-5H3/t26-/m1/s1. The number of benzene rings is 2. The van der Waals surface area contributed by atoms with Crippen LogP contribution in [-0.2, 0) is 14.3 Å². The van der Waals surface area contributed by atoms with Crippen LogP contribution in [-0.4, -0.2) is 68.0 Å². The van der Waals surface area contributed by atoms with Crippen LogP contribution in [0.4, 0.5) is 0 Å². The second-order valence-electron chi connectivity index (χ2n) is 9.73. The number of rotatable bonds is 8. The second-order valence-corrected chi connectivity index (χ2v) is 9.73. The third-order valence-electron chi connectivity index (χ3n) is 7.24. The molecule has 0 aliphatic carbocycles. The number of carbonyl (C=O) groups excluding carboxylic acids is 2. The minimum atomic E-state index is -0.291. The van der Waals surface area contributed by atoms with Gasteiger partial charge in [0.05, 0.1) is 45.0 Å².